The molecule has 5 heteroatoms. The Balaban J connectivity index is 1.55. The summed E-state index contributed by atoms with van der Waals surface area (Å²) in [7, 11) is 0. The lowest BCUT2D eigenvalue weighted by molar-refractivity contribution is 0.0207. The highest BCUT2D eigenvalue weighted by Gasteiger charge is 2.55. The van der Waals surface area contributed by atoms with Gasteiger partial charge in [-0.2, -0.15) is 0 Å². The first-order valence-electron chi connectivity index (χ1n) is 12.7. The van der Waals surface area contributed by atoms with Crippen LogP contribution in [0.15, 0.2) is 95.9 Å². The van der Waals surface area contributed by atoms with Crippen molar-refractivity contribution in [3.63, 3.8) is 0 Å². The molecular weight excluding hydrogens is 448 g/mol. The number of hydrogen-bond acceptors (Lipinski definition) is 5. The molecular formula is C31H30N2O3. The van der Waals surface area contributed by atoms with Gasteiger partial charge in [0.1, 0.15) is 11.5 Å². The molecule has 0 radical (unpaired) electrons. The van der Waals surface area contributed by atoms with Crippen molar-refractivity contribution in [1.82, 2.24) is 0 Å². The first-order chi connectivity index (χ1) is 17.5. The Labute approximate surface area is 212 Å². The molecule has 0 saturated carbocycles. The van der Waals surface area contributed by atoms with Crippen molar-refractivity contribution in [2.24, 2.45) is 5.92 Å². The van der Waals surface area contributed by atoms with E-state index in [4.69, 9.17) is 9.47 Å². The number of nitrogens with zero attached hydrogens (tertiary/aromatic N) is 1. The van der Waals surface area contributed by atoms with Crippen molar-refractivity contribution in [2.45, 2.75) is 32.8 Å². The third-order valence-electron chi connectivity index (χ3n) is 7.54. The number of benzene rings is 3. The molecule has 6 rings (SSSR count). The number of nitrogens with one attached hydrogen (secondary N) is 1. The Morgan fingerprint density at radius 2 is 1.72 bits per heavy atom. The molecule has 0 aromatic heterocycles. The Hall–Kier alpha value is -3.99. The first-order valence-corrected chi connectivity index (χ1v) is 12.7. The van der Waals surface area contributed by atoms with Gasteiger partial charge < -0.3 is 19.7 Å². The van der Waals surface area contributed by atoms with Crippen molar-refractivity contribution in [3.8, 4) is 5.75 Å². The Morgan fingerprint density at radius 1 is 0.972 bits per heavy atom. The first kappa shape index (κ1) is 22.5. The fourth-order valence-electron chi connectivity index (χ4n) is 5.69. The maximum atomic E-state index is 13.2. The molecule has 1 N–H and O–H groups in total. The van der Waals surface area contributed by atoms with Crippen LogP contribution in [0.25, 0.3) is 0 Å². The molecule has 0 saturated heterocycles. The minimum Gasteiger partial charge on any atom is -0.461 e. The van der Waals surface area contributed by atoms with Crippen molar-refractivity contribution in [2.75, 3.05) is 23.3 Å². The zero-order valence-electron chi connectivity index (χ0n) is 20.9. The molecule has 36 heavy (non-hydrogen) atoms. The third kappa shape index (κ3) is 3.34. The summed E-state index contributed by atoms with van der Waals surface area (Å²) < 4.78 is 13.0. The molecule has 3 aromatic rings. The van der Waals surface area contributed by atoms with Crippen LogP contribution in [-0.4, -0.2) is 19.1 Å². The van der Waals surface area contributed by atoms with E-state index in [1.54, 1.807) is 0 Å². The molecule has 2 heterocycles. The highest BCUT2D eigenvalue weighted by atomic mass is 16.6. The number of rotatable bonds is 5. The van der Waals surface area contributed by atoms with E-state index in [2.05, 4.69) is 67.4 Å². The van der Waals surface area contributed by atoms with Crippen LogP contribution in [0.3, 0.4) is 0 Å². The second-order valence-corrected chi connectivity index (χ2v) is 9.60. The SMILES string of the molecule is CCN(CC)c1ccc2c(c1)OC1=C(C=C(Nc3ccccc3)C(C)C1)C21OC(=O)c2ccccc21. The molecule has 182 valence electrons. The zero-order valence-corrected chi connectivity index (χ0v) is 20.9. The topological polar surface area (TPSA) is 50.8 Å². The predicted molar refractivity (Wildman–Crippen MR) is 142 cm³/mol. The molecule has 1 spiro atoms. The monoisotopic (exact) mass is 478 g/mol. The van der Waals surface area contributed by atoms with Crippen molar-refractivity contribution >= 4 is 17.3 Å². The molecule has 2 unspecified atom stereocenters. The van der Waals surface area contributed by atoms with Crippen LogP contribution < -0.4 is 15.0 Å². The number of allylic oxidation sites excluding steroid dienone is 2. The molecule has 2 atom stereocenters. The minimum absolute atomic E-state index is 0.209. The van der Waals surface area contributed by atoms with Gasteiger partial charge in [-0.15, -0.1) is 0 Å². The van der Waals surface area contributed by atoms with E-state index in [0.29, 0.717) is 12.0 Å². The largest absolute Gasteiger partial charge is 0.461 e. The molecule has 1 aliphatic carbocycles. The lowest BCUT2D eigenvalue weighted by Gasteiger charge is -2.41. The zero-order chi connectivity index (χ0) is 24.9. The summed E-state index contributed by atoms with van der Waals surface area (Å²) in [6, 6.07) is 24.1. The second-order valence-electron chi connectivity index (χ2n) is 9.60. The lowest BCUT2D eigenvalue weighted by Crippen LogP contribution is -2.37. The fraction of sp³-hybridized carbons (Fsp3) is 0.258. The number of fused-ring (bicyclic) bond motifs is 5. The second kappa shape index (κ2) is 8.59. The van der Waals surface area contributed by atoms with Gasteiger partial charge in [-0.25, -0.2) is 4.79 Å². The predicted octanol–water partition coefficient (Wildman–Crippen LogP) is 6.63. The summed E-state index contributed by atoms with van der Waals surface area (Å²) in [5.41, 5.74) is 5.39. The number of ether oxygens (including phenoxy) is 2. The van der Waals surface area contributed by atoms with Crippen LogP contribution in [0, 0.1) is 5.92 Å². The summed E-state index contributed by atoms with van der Waals surface area (Å²) in [6.45, 7) is 8.30. The van der Waals surface area contributed by atoms with Crippen LogP contribution >= 0.6 is 0 Å². The average molecular weight is 479 g/mol. The number of esters is 1. The van der Waals surface area contributed by atoms with Gasteiger partial charge in [-0.3, -0.25) is 0 Å². The van der Waals surface area contributed by atoms with Gasteiger partial charge in [0.2, 0.25) is 0 Å². The highest BCUT2D eigenvalue weighted by molar-refractivity contribution is 5.97. The summed E-state index contributed by atoms with van der Waals surface area (Å²) >= 11 is 0. The molecule has 0 fully saturated rings. The van der Waals surface area contributed by atoms with Gasteiger partial charge in [0.05, 0.1) is 5.56 Å². The van der Waals surface area contributed by atoms with Gasteiger partial charge in [0.15, 0.2) is 5.60 Å². The van der Waals surface area contributed by atoms with E-state index in [1.165, 1.54) is 0 Å². The fourth-order valence-corrected chi connectivity index (χ4v) is 5.69. The summed E-state index contributed by atoms with van der Waals surface area (Å²) in [5.74, 6) is 1.51. The number of para-hydroxylation sites is 1. The van der Waals surface area contributed by atoms with E-state index in [9.17, 15) is 4.79 Å². The van der Waals surface area contributed by atoms with Gasteiger partial charge in [0.25, 0.3) is 0 Å². The standard InChI is InChI=1S/C31H30N2O3/c1-4-33(5-2)22-15-16-25-29(18-22)35-28-17-20(3)27(32-21-11-7-6-8-12-21)19-26(28)31(25)24-14-10-9-13-23(24)30(34)36-31/h6-16,18-20,32H,4-5,17H2,1-3H3. The Morgan fingerprint density at radius 3 is 2.50 bits per heavy atom. The Kier molecular flexibility index (Phi) is 5.36. The van der Waals surface area contributed by atoms with Gasteiger partial charge in [-0.1, -0.05) is 43.3 Å². The third-order valence-corrected chi connectivity index (χ3v) is 7.54. The number of carbonyl (C=O) groups is 1. The molecule has 3 aromatic carbocycles. The number of carbonyl (C=O) groups excluding carboxylic acids is 1. The van der Waals surface area contributed by atoms with E-state index >= 15 is 0 Å². The van der Waals surface area contributed by atoms with Crippen LogP contribution in [0.2, 0.25) is 0 Å². The van der Waals surface area contributed by atoms with Crippen molar-refractivity contribution in [1.29, 1.82) is 0 Å². The minimum atomic E-state index is -1.04. The number of anilines is 2. The molecule has 2 aliphatic heterocycles. The van der Waals surface area contributed by atoms with Gasteiger partial charge >= 0.3 is 5.97 Å². The number of hydrogen-bond donors (Lipinski definition) is 1. The molecule has 5 nitrogen and oxygen atoms in total. The summed E-state index contributed by atoms with van der Waals surface area (Å²) in [5, 5.41) is 3.59. The average Bonchev–Trinajstić information content (AvgIpc) is 3.19. The van der Waals surface area contributed by atoms with Crippen LogP contribution in [0.1, 0.15) is 48.7 Å². The smallest absolute Gasteiger partial charge is 0.340 e. The van der Waals surface area contributed by atoms with Crippen LogP contribution in [-0.2, 0) is 10.3 Å². The maximum Gasteiger partial charge on any atom is 0.340 e. The van der Waals surface area contributed by atoms with E-state index in [1.807, 2.05) is 42.5 Å². The molecule has 0 bridgehead atoms. The molecule has 0 amide bonds. The summed E-state index contributed by atoms with van der Waals surface area (Å²) in [4.78, 5) is 15.5. The Bertz CT molecular complexity index is 1400. The van der Waals surface area contributed by atoms with Crippen molar-refractivity contribution < 1.29 is 14.3 Å². The lowest BCUT2D eigenvalue weighted by atomic mass is 9.74. The van der Waals surface area contributed by atoms with E-state index in [-0.39, 0.29) is 11.9 Å². The van der Waals surface area contributed by atoms with Crippen LogP contribution in [0.5, 0.6) is 5.75 Å². The molecule has 3 aliphatic rings. The van der Waals surface area contributed by atoms with E-state index in [0.717, 1.165) is 58.4 Å². The highest BCUT2D eigenvalue weighted by Crippen LogP contribution is 2.56. The van der Waals surface area contributed by atoms with E-state index < -0.39 is 5.60 Å². The van der Waals surface area contributed by atoms with Crippen molar-refractivity contribution in [3.05, 3.63) is 113 Å². The quantitative estimate of drug-likeness (QED) is 0.417. The van der Waals surface area contributed by atoms with Gasteiger partial charge in [0, 0.05) is 65.3 Å². The maximum absolute atomic E-state index is 13.2. The normalized spacial score (nSPS) is 21.7. The summed E-state index contributed by atoms with van der Waals surface area (Å²) in [6.07, 6.45) is 2.84. The van der Waals surface area contributed by atoms with Gasteiger partial charge in [-0.05, 0) is 50.3 Å². The van der Waals surface area contributed by atoms with Crippen LogP contribution in [0.4, 0.5) is 11.4 Å².